The molecule has 0 saturated heterocycles. The minimum atomic E-state index is -0.729. The third-order valence-corrected chi connectivity index (χ3v) is 6.65. The smallest absolute Gasteiger partial charge is 0.312 e. The van der Waals surface area contributed by atoms with Crippen molar-refractivity contribution in [2.75, 3.05) is 24.5 Å². The molecule has 0 radical (unpaired) electrons. The first-order chi connectivity index (χ1) is 15.2. The Kier molecular flexibility index (Phi) is 5.47. The molecule has 2 aliphatic rings. The van der Waals surface area contributed by atoms with E-state index in [1.165, 1.54) is 22.5 Å². The van der Waals surface area contributed by atoms with Crippen molar-refractivity contribution in [3.05, 3.63) is 95.1 Å². The number of rotatable bonds is 5. The Balaban J connectivity index is 1.34. The molecule has 2 heterocycles. The van der Waals surface area contributed by atoms with E-state index in [1.54, 1.807) is 0 Å². The molecular weight excluding hydrogens is 384 g/mol. The number of benzene rings is 3. The SMILES string of the molecule is O=C(O)C1CN(CCCN2c3ccccc3CCc3ccccc32)Cc2ccccc21. The van der Waals surface area contributed by atoms with Crippen LogP contribution in [0.5, 0.6) is 0 Å². The van der Waals surface area contributed by atoms with Crippen molar-refractivity contribution in [3.8, 4) is 0 Å². The minimum absolute atomic E-state index is 0.440. The molecule has 1 unspecified atom stereocenters. The average Bonchev–Trinajstić information content (AvgIpc) is 2.96. The highest BCUT2D eigenvalue weighted by Gasteiger charge is 2.30. The highest BCUT2D eigenvalue weighted by molar-refractivity contribution is 5.77. The van der Waals surface area contributed by atoms with Crippen LogP contribution < -0.4 is 4.90 Å². The van der Waals surface area contributed by atoms with E-state index in [-0.39, 0.29) is 0 Å². The lowest BCUT2D eigenvalue weighted by molar-refractivity contribution is -0.139. The first-order valence-corrected chi connectivity index (χ1v) is 11.2. The Bertz CT molecular complexity index is 1050. The van der Waals surface area contributed by atoms with Gasteiger partial charge in [0, 0.05) is 37.6 Å². The topological polar surface area (TPSA) is 43.8 Å². The molecule has 0 spiro atoms. The van der Waals surface area contributed by atoms with Crippen LogP contribution in [0.25, 0.3) is 0 Å². The molecule has 5 rings (SSSR count). The van der Waals surface area contributed by atoms with Crippen LogP contribution in [0.1, 0.15) is 34.6 Å². The third-order valence-electron chi connectivity index (χ3n) is 6.65. The number of para-hydroxylation sites is 2. The molecular formula is C27H28N2O2. The molecule has 0 fully saturated rings. The van der Waals surface area contributed by atoms with Crippen LogP contribution in [0.3, 0.4) is 0 Å². The lowest BCUT2D eigenvalue weighted by Crippen LogP contribution is -2.38. The molecule has 31 heavy (non-hydrogen) atoms. The van der Waals surface area contributed by atoms with Crippen LogP contribution in [0.15, 0.2) is 72.8 Å². The molecule has 3 aromatic carbocycles. The van der Waals surface area contributed by atoms with Crippen LogP contribution >= 0.6 is 0 Å². The zero-order valence-corrected chi connectivity index (χ0v) is 17.7. The summed E-state index contributed by atoms with van der Waals surface area (Å²) in [6.45, 7) is 3.22. The summed E-state index contributed by atoms with van der Waals surface area (Å²) in [5.41, 5.74) is 7.53. The molecule has 0 amide bonds. The number of carbonyl (C=O) groups is 1. The molecule has 1 atom stereocenters. The first kappa shape index (κ1) is 19.8. The summed E-state index contributed by atoms with van der Waals surface area (Å²) in [4.78, 5) is 16.6. The quantitative estimate of drug-likeness (QED) is 0.641. The van der Waals surface area contributed by atoms with Crippen LogP contribution in [-0.4, -0.2) is 35.6 Å². The Hall–Kier alpha value is -3.11. The maximum absolute atomic E-state index is 11.9. The second kappa shape index (κ2) is 8.56. The Morgan fingerprint density at radius 1 is 0.806 bits per heavy atom. The number of aliphatic carboxylic acids is 1. The fraction of sp³-hybridized carbons (Fsp3) is 0.296. The van der Waals surface area contributed by atoms with Crippen LogP contribution in [-0.2, 0) is 24.2 Å². The van der Waals surface area contributed by atoms with Gasteiger partial charge in [0.25, 0.3) is 0 Å². The van der Waals surface area contributed by atoms with Gasteiger partial charge in [0.1, 0.15) is 0 Å². The van der Waals surface area contributed by atoms with Gasteiger partial charge in [-0.2, -0.15) is 0 Å². The Morgan fingerprint density at radius 2 is 1.39 bits per heavy atom. The summed E-state index contributed by atoms with van der Waals surface area (Å²) in [5.74, 6) is -1.17. The van der Waals surface area contributed by atoms with E-state index in [4.69, 9.17) is 0 Å². The van der Waals surface area contributed by atoms with Gasteiger partial charge in [-0.05, 0) is 53.6 Å². The highest BCUT2D eigenvalue weighted by atomic mass is 16.4. The molecule has 0 bridgehead atoms. The maximum atomic E-state index is 11.9. The van der Waals surface area contributed by atoms with Gasteiger partial charge in [0.2, 0.25) is 0 Å². The number of anilines is 2. The largest absolute Gasteiger partial charge is 0.481 e. The predicted molar refractivity (Wildman–Crippen MR) is 124 cm³/mol. The van der Waals surface area contributed by atoms with Gasteiger partial charge in [-0.25, -0.2) is 0 Å². The van der Waals surface area contributed by atoms with Crippen LogP contribution in [0, 0.1) is 0 Å². The Morgan fingerprint density at radius 3 is 2.03 bits per heavy atom. The summed E-state index contributed by atoms with van der Waals surface area (Å²) in [6, 6.07) is 25.4. The van der Waals surface area contributed by atoms with Gasteiger partial charge in [0.15, 0.2) is 0 Å². The van der Waals surface area contributed by atoms with E-state index in [2.05, 4.69) is 64.4 Å². The van der Waals surface area contributed by atoms with Gasteiger partial charge in [-0.1, -0.05) is 60.7 Å². The first-order valence-electron chi connectivity index (χ1n) is 11.2. The molecule has 2 aliphatic heterocycles. The van der Waals surface area contributed by atoms with Crippen molar-refractivity contribution in [2.24, 2.45) is 0 Å². The van der Waals surface area contributed by atoms with Gasteiger partial charge in [-0.15, -0.1) is 0 Å². The molecule has 1 N–H and O–H groups in total. The number of carboxylic acids is 1. The van der Waals surface area contributed by atoms with Gasteiger partial charge >= 0.3 is 5.97 Å². The molecule has 3 aromatic rings. The van der Waals surface area contributed by atoms with E-state index in [1.807, 2.05) is 18.2 Å². The second-order valence-corrected chi connectivity index (χ2v) is 8.59. The Labute approximate surface area is 183 Å². The second-order valence-electron chi connectivity index (χ2n) is 8.59. The number of nitrogens with zero attached hydrogens (tertiary/aromatic N) is 2. The van der Waals surface area contributed by atoms with Crippen molar-refractivity contribution >= 4 is 17.3 Å². The maximum Gasteiger partial charge on any atom is 0.312 e. The van der Waals surface area contributed by atoms with Crippen molar-refractivity contribution in [2.45, 2.75) is 31.7 Å². The number of carboxylic acid groups (broad SMARTS) is 1. The molecule has 0 aromatic heterocycles. The van der Waals surface area contributed by atoms with E-state index in [9.17, 15) is 9.90 Å². The van der Waals surface area contributed by atoms with Crippen molar-refractivity contribution in [1.29, 1.82) is 0 Å². The lowest BCUT2D eigenvalue weighted by atomic mass is 9.90. The normalized spacial score (nSPS) is 17.9. The number of hydrogen-bond donors (Lipinski definition) is 1. The number of aryl methyl sites for hydroxylation is 2. The summed E-state index contributed by atoms with van der Waals surface area (Å²) in [7, 11) is 0. The summed E-state index contributed by atoms with van der Waals surface area (Å²) >= 11 is 0. The number of fused-ring (bicyclic) bond motifs is 3. The average molecular weight is 413 g/mol. The summed E-state index contributed by atoms with van der Waals surface area (Å²) < 4.78 is 0. The van der Waals surface area contributed by atoms with Crippen molar-refractivity contribution in [3.63, 3.8) is 0 Å². The van der Waals surface area contributed by atoms with Gasteiger partial charge in [-0.3, -0.25) is 9.69 Å². The van der Waals surface area contributed by atoms with E-state index in [0.29, 0.717) is 6.54 Å². The zero-order chi connectivity index (χ0) is 21.2. The van der Waals surface area contributed by atoms with Crippen LogP contribution in [0.4, 0.5) is 11.4 Å². The molecule has 4 heteroatoms. The van der Waals surface area contributed by atoms with Crippen molar-refractivity contribution in [1.82, 2.24) is 4.90 Å². The number of hydrogen-bond acceptors (Lipinski definition) is 3. The van der Waals surface area contributed by atoms with Crippen LogP contribution in [0.2, 0.25) is 0 Å². The van der Waals surface area contributed by atoms with Gasteiger partial charge in [0.05, 0.1) is 5.92 Å². The molecule has 0 saturated carbocycles. The monoisotopic (exact) mass is 412 g/mol. The fourth-order valence-electron chi connectivity index (χ4n) is 5.13. The summed E-state index contributed by atoms with van der Waals surface area (Å²) in [6.07, 6.45) is 3.11. The fourth-order valence-corrected chi connectivity index (χ4v) is 5.13. The minimum Gasteiger partial charge on any atom is -0.481 e. The van der Waals surface area contributed by atoms with E-state index < -0.39 is 11.9 Å². The third kappa shape index (κ3) is 3.96. The van der Waals surface area contributed by atoms with Crippen molar-refractivity contribution < 1.29 is 9.90 Å². The molecule has 4 nitrogen and oxygen atoms in total. The zero-order valence-electron chi connectivity index (χ0n) is 17.7. The standard InChI is InChI=1S/C27H28N2O2/c30-27(31)24-19-28(18-22-10-1-4-11-23(22)24)16-7-17-29-25-12-5-2-8-20(25)14-15-21-9-3-6-13-26(21)29/h1-6,8-13,24H,7,14-19H2,(H,30,31). The van der Waals surface area contributed by atoms with E-state index in [0.717, 1.165) is 50.0 Å². The predicted octanol–water partition coefficient (Wildman–Crippen LogP) is 5.00. The molecule has 158 valence electrons. The summed E-state index contributed by atoms with van der Waals surface area (Å²) in [5, 5.41) is 9.75. The van der Waals surface area contributed by atoms with E-state index >= 15 is 0 Å². The van der Waals surface area contributed by atoms with Gasteiger partial charge < -0.3 is 10.0 Å². The lowest BCUT2D eigenvalue weighted by Gasteiger charge is -2.34. The molecule has 0 aliphatic carbocycles. The highest BCUT2D eigenvalue weighted by Crippen LogP contribution is 2.36.